The Hall–Kier alpha value is -1.14. The Kier molecular flexibility index (Phi) is 11.9. The topological polar surface area (TPSA) is 82.1 Å². The number of ether oxygens (including phenoxy) is 3. The minimum atomic E-state index is -0.843. The van der Waals surface area contributed by atoms with Crippen LogP contribution in [0.25, 0.3) is 0 Å². The van der Waals surface area contributed by atoms with Crippen LogP contribution in [0.5, 0.6) is 0 Å². The molecule has 0 rings (SSSR count). The van der Waals surface area contributed by atoms with Crippen molar-refractivity contribution < 1.29 is 28.9 Å². The number of hydrogen-bond acceptors (Lipinski definition) is 5. The van der Waals surface area contributed by atoms with Crippen LogP contribution in [0, 0.1) is 0 Å². The Labute approximate surface area is 126 Å². The van der Waals surface area contributed by atoms with Crippen molar-refractivity contribution in [1.29, 1.82) is 0 Å². The van der Waals surface area contributed by atoms with E-state index in [1.165, 1.54) is 0 Å². The highest BCUT2D eigenvalue weighted by atomic mass is 16.6. The normalized spacial score (nSPS) is 13.7. The third-order valence-electron chi connectivity index (χ3n) is 2.72. The van der Waals surface area contributed by atoms with Crippen LogP contribution >= 0.6 is 0 Å². The number of esters is 1. The van der Waals surface area contributed by atoms with Crippen LogP contribution in [0.3, 0.4) is 0 Å². The number of hydrogen-bond donors (Lipinski definition) is 1. The van der Waals surface area contributed by atoms with E-state index in [1.807, 2.05) is 20.8 Å². The molecule has 0 saturated heterocycles. The number of aliphatic carboxylic acids is 1. The predicted octanol–water partition coefficient (Wildman–Crippen LogP) is 2.39. The molecule has 0 aliphatic rings. The zero-order chi connectivity index (χ0) is 16.1. The molecule has 0 bridgehead atoms. The Morgan fingerprint density at radius 1 is 1.00 bits per heavy atom. The van der Waals surface area contributed by atoms with Gasteiger partial charge in [0.15, 0.2) is 0 Å². The summed E-state index contributed by atoms with van der Waals surface area (Å²) in [4.78, 5) is 21.7. The van der Waals surface area contributed by atoms with Gasteiger partial charge in [-0.2, -0.15) is 0 Å². The van der Waals surface area contributed by atoms with Crippen LogP contribution in [0.4, 0.5) is 0 Å². The summed E-state index contributed by atoms with van der Waals surface area (Å²) >= 11 is 0. The van der Waals surface area contributed by atoms with E-state index < -0.39 is 5.97 Å². The number of rotatable bonds is 13. The smallest absolute Gasteiger partial charge is 0.305 e. The molecule has 1 N–H and O–H groups in total. The van der Waals surface area contributed by atoms with Crippen molar-refractivity contribution in [3.05, 3.63) is 0 Å². The Morgan fingerprint density at radius 3 is 2.24 bits per heavy atom. The molecule has 0 aliphatic carbocycles. The molecular formula is C15H28O6. The number of unbranched alkanes of at least 4 members (excludes halogenated alkanes) is 1. The first kappa shape index (κ1) is 19.9. The second kappa shape index (κ2) is 12.6. The minimum absolute atomic E-state index is 0.0270. The fraction of sp³-hybridized carbons (Fsp3) is 0.867. The van der Waals surface area contributed by atoms with Crippen LogP contribution in [0.1, 0.15) is 52.9 Å². The van der Waals surface area contributed by atoms with Crippen molar-refractivity contribution in [2.24, 2.45) is 0 Å². The number of carbonyl (C=O) groups is 2. The molecular weight excluding hydrogens is 276 g/mol. The first-order valence-electron chi connectivity index (χ1n) is 7.56. The van der Waals surface area contributed by atoms with Crippen molar-refractivity contribution >= 4 is 11.9 Å². The van der Waals surface area contributed by atoms with Crippen molar-refractivity contribution in [2.45, 2.75) is 65.1 Å². The second-order valence-corrected chi connectivity index (χ2v) is 5.11. The van der Waals surface area contributed by atoms with Crippen molar-refractivity contribution in [3.63, 3.8) is 0 Å². The summed E-state index contributed by atoms with van der Waals surface area (Å²) in [5.74, 6) is -1.16. The van der Waals surface area contributed by atoms with Gasteiger partial charge < -0.3 is 19.3 Å². The summed E-state index contributed by atoms with van der Waals surface area (Å²) in [6, 6.07) is 0. The molecule has 0 saturated carbocycles. The monoisotopic (exact) mass is 304 g/mol. The maximum absolute atomic E-state index is 11.4. The highest BCUT2D eigenvalue weighted by Crippen LogP contribution is 2.03. The average molecular weight is 304 g/mol. The third kappa shape index (κ3) is 13.6. The third-order valence-corrected chi connectivity index (χ3v) is 2.72. The number of carboxylic acid groups (broad SMARTS) is 1. The summed E-state index contributed by atoms with van der Waals surface area (Å²) in [7, 11) is 0. The molecule has 6 nitrogen and oxygen atoms in total. The van der Waals surface area contributed by atoms with Gasteiger partial charge in [-0.3, -0.25) is 9.59 Å². The summed E-state index contributed by atoms with van der Waals surface area (Å²) in [6.07, 6.45) is 2.17. The number of carbonyl (C=O) groups excluding carboxylic acids is 1. The molecule has 0 radical (unpaired) electrons. The molecule has 2 unspecified atom stereocenters. The highest BCUT2D eigenvalue weighted by molar-refractivity contribution is 5.69. The maximum atomic E-state index is 11.4. The van der Waals surface area contributed by atoms with Crippen LogP contribution in [-0.4, -0.2) is 49.1 Å². The quantitative estimate of drug-likeness (QED) is 0.415. The molecule has 0 spiro atoms. The first-order chi connectivity index (χ1) is 9.95. The molecule has 0 fully saturated rings. The maximum Gasteiger partial charge on any atom is 0.305 e. The molecule has 0 aromatic heterocycles. The van der Waals surface area contributed by atoms with Gasteiger partial charge in [0.2, 0.25) is 0 Å². The SMILES string of the molecule is CCCOC(C)COC(C)COC(=O)CCCCC(=O)O. The van der Waals surface area contributed by atoms with E-state index in [1.54, 1.807) is 0 Å². The molecule has 0 heterocycles. The van der Waals surface area contributed by atoms with Crippen molar-refractivity contribution in [2.75, 3.05) is 19.8 Å². The van der Waals surface area contributed by atoms with Gasteiger partial charge in [-0.05, 0) is 33.1 Å². The van der Waals surface area contributed by atoms with Gasteiger partial charge in [-0.15, -0.1) is 0 Å². The zero-order valence-electron chi connectivity index (χ0n) is 13.3. The van der Waals surface area contributed by atoms with Gasteiger partial charge >= 0.3 is 11.9 Å². The molecule has 2 atom stereocenters. The van der Waals surface area contributed by atoms with Gasteiger partial charge in [0.05, 0.1) is 18.8 Å². The summed E-state index contributed by atoms with van der Waals surface area (Å²) in [6.45, 7) is 7.22. The average Bonchev–Trinajstić information content (AvgIpc) is 2.44. The van der Waals surface area contributed by atoms with E-state index in [4.69, 9.17) is 19.3 Å². The highest BCUT2D eigenvalue weighted by Gasteiger charge is 2.10. The minimum Gasteiger partial charge on any atom is -0.481 e. The Balaban J connectivity index is 3.56. The Bertz CT molecular complexity index is 292. The van der Waals surface area contributed by atoms with Crippen LogP contribution in [0.2, 0.25) is 0 Å². The second-order valence-electron chi connectivity index (χ2n) is 5.11. The Morgan fingerprint density at radius 2 is 1.62 bits per heavy atom. The summed E-state index contributed by atoms with van der Waals surface area (Å²) < 4.78 is 16.1. The summed E-state index contributed by atoms with van der Waals surface area (Å²) in [5, 5.41) is 8.47. The lowest BCUT2D eigenvalue weighted by atomic mass is 10.2. The van der Waals surface area contributed by atoms with Crippen LogP contribution < -0.4 is 0 Å². The fourth-order valence-corrected chi connectivity index (χ4v) is 1.54. The first-order valence-corrected chi connectivity index (χ1v) is 7.56. The predicted molar refractivity (Wildman–Crippen MR) is 78.2 cm³/mol. The van der Waals surface area contributed by atoms with E-state index in [0.29, 0.717) is 26.1 Å². The van der Waals surface area contributed by atoms with Gasteiger partial charge in [0, 0.05) is 19.4 Å². The van der Waals surface area contributed by atoms with Crippen molar-refractivity contribution in [3.8, 4) is 0 Å². The number of carboxylic acids is 1. The molecule has 124 valence electrons. The molecule has 21 heavy (non-hydrogen) atoms. The van der Waals surface area contributed by atoms with Crippen LogP contribution in [-0.2, 0) is 23.8 Å². The molecule has 0 amide bonds. The van der Waals surface area contributed by atoms with E-state index >= 15 is 0 Å². The molecule has 6 heteroatoms. The zero-order valence-corrected chi connectivity index (χ0v) is 13.3. The lowest BCUT2D eigenvalue weighted by molar-refractivity contribution is -0.148. The van der Waals surface area contributed by atoms with Gasteiger partial charge in [-0.25, -0.2) is 0 Å². The van der Waals surface area contributed by atoms with Gasteiger partial charge in [0.1, 0.15) is 6.61 Å². The molecule has 0 aromatic carbocycles. The van der Waals surface area contributed by atoms with E-state index in [-0.39, 0.29) is 37.6 Å². The van der Waals surface area contributed by atoms with E-state index in [2.05, 4.69) is 0 Å². The lowest BCUT2D eigenvalue weighted by Gasteiger charge is -2.17. The van der Waals surface area contributed by atoms with Gasteiger partial charge in [-0.1, -0.05) is 6.92 Å². The summed E-state index contributed by atoms with van der Waals surface area (Å²) in [5.41, 5.74) is 0. The van der Waals surface area contributed by atoms with Gasteiger partial charge in [0.25, 0.3) is 0 Å². The van der Waals surface area contributed by atoms with E-state index in [0.717, 1.165) is 6.42 Å². The van der Waals surface area contributed by atoms with E-state index in [9.17, 15) is 9.59 Å². The lowest BCUT2D eigenvalue weighted by Crippen LogP contribution is -2.24. The fourth-order valence-electron chi connectivity index (χ4n) is 1.54. The van der Waals surface area contributed by atoms with Crippen molar-refractivity contribution in [1.82, 2.24) is 0 Å². The van der Waals surface area contributed by atoms with Crippen LogP contribution in [0.15, 0.2) is 0 Å². The molecule has 0 aliphatic heterocycles. The standard InChI is InChI=1S/C15H28O6/c1-4-9-19-12(2)10-20-13(3)11-21-15(18)8-6-5-7-14(16)17/h12-13H,4-11H2,1-3H3,(H,16,17). The largest absolute Gasteiger partial charge is 0.481 e. The molecule has 0 aromatic rings.